The van der Waals surface area contributed by atoms with Gasteiger partial charge in [-0.1, -0.05) is 25.2 Å². The van der Waals surface area contributed by atoms with Gasteiger partial charge in [-0.05, 0) is 48.7 Å². The molecule has 3 rings (SSSR count). The van der Waals surface area contributed by atoms with Crippen molar-refractivity contribution < 1.29 is 4.79 Å². The van der Waals surface area contributed by atoms with Crippen LogP contribution >= 0.6 is 11.3 Å². The normalized spacial score (nSPS) is 11.1. The van der Waals surface area contributed by atoms with Crippen molar-refractivity contribution in [3.63, 3.8) is 0 Å². The Morgan fingerprint density at radius 3 is 2.83 bits per heavy atom. The summed E-state index contributed by atoms with van der Waals surface area (Å²) < 4.78 is 0. The molecule has 1 N–H and O–H groups in total. The van der Waals surface area contributed by atoms with Crippen molar-refractivity contribution in [3.8, 4) is 10.6 Å². The van der Waals surface area contributed by atoms with Crippen LogP contribution in [-0.4, -0.2) is 15.9 Å². The summed E-state index contributed by atoms with van der Waals surface area (Å²) >= 11 is 1.58. The summed E-state index contributed by atoms with van der Waals surface area (Å²) in [5, 5.41) is 3.92. The van der Waals surface area contributed by atoms with Crippen molar-refractivity contribution in [3.05, 3.63) is 42.1 Å². The number of benzene rings is 1. The minimum Gasteiger partial charge on any atom is -0.326 e. The lowest BCUT2D eigenvalue weighted by Crippen LogP contribution is -2.14. The first-order chi connectivity index (χ1) is 11.0. The highest BCUT2D eigenvalue weighted by Gasteiger charge is 2.10. The van der Waals surface area contributed by atoms with Crippen LogP contribution in [0.25, 0.3) is 20.9 Å². The van der Waals surface area contributed by atoms with Crippen molar-refractivity contribution in [2.75, 3.05) is 5.32 Å². The molecule has 0 aliphatic rings. The fraction of sp³-hybridized carbons (Fsp3) is 0.278. The van der Waals surface area contributed by atoms with Gasteiger partial charge < -0.3 is 5.32 Å². The van der Waals surface area contributed by atoms with Crippen LogP contribution in [0.3, 0.4) is 0 Å². The van der Waals surface area contributed by atoms with Crippen LogP contribution in [-0.2, 0) is 4.79 Å². The van der Waals surface area contributed by atoms with E-state index in [1.54, 1.807) is 17.5 Å². The number of nitrogens with one attached hydrogen (secondary N) is 1. The van der Waals surface area contributed by atoms with E-state index < -0.39 is 0 Å². The highest BCUT2D eigenvalue weighted by atomic mass is 32.1. The number of nitrogens with zero attached hydrogens (tertiary/aromatic N) is 2. The molecule has 0 bridgehead atoms. The monoisotopic (exact) mass is 325 g/mol. The summed E-state index contributed by atoms with van der Waals surface area (Å²) in [4.78, 5) is 21.8. The summed E-state index contributed by atoms with van der Waals surface area (Å²) in [5.41, 5.74) is 3.86. The molecule has 4 nitrogen and oxygen atoms in total. The van der Waals surface area contributed by atoms with Crippen LogP contribution in [0.5, 0.6) is 0 Å². The second-order valence-corrected chi connectivity index (χ2v) is 7.00. The second-order valence-electron chi connectivity index (χ2n) is 6.02. The Hall–Kier alpha value is -2.27. The number of aromatic nitrogens is 2. The van der Waals surface area contributed by atoms with Gasteiger partial charge in [-0.15, -0.1) is 0 Å². The minimum atomic E-state index is 0.0556. The highest BCUT2D eigenvalue weighted by molar-refractivity contribution is 7.21. The summed E-state index contributed by atoms with van der Waals surface area (Å²) in [5.74, 6) is 0.407. The number of hydrogen-bond acceptors (Lipinski definition) is 4. The fourth-order valence-electron chi connectivity index (χ4n) is 2.40. The maximum Gasteiger partial charge on any atom is 0.224 e. The number of hydrogen-bond donors (Lipinski definition) is 1. The number of fused-ring (bicyclic) bond motifs is 1. The van der Waals surface area contributed by atoms with Crippen LogP contribution in [0.2, 0.25) is 0 Å². The van der Waals surface area contributed by atoms with Crippen LogP contribution in [0.15, 0.2) is 36.5 Å². The van der Waals surface area contributed by atoms with Gasteiger partial charge in [0.1, 0.15) is 15.4 Å². The first kappa shape index (κ1) is 15.6. The molecular weight excluding hydrogens is 306 g/mol. The first-order valence-electron chi connectivity index (χ1n) is 7.65. The largest absolute Gasteiger partial charge is 0.326 e. The topological polar surface area (TPSA) is 54.9 Å². The Kier molecular flexibility index (Phi) is 4.39. The van der Waals surface area contributed by atoms with E-state index in [9.17, 15) is 4.79 Å². The van der Waals surface area contributed by atoms with E-state index in [0.29, 0.717) is 12.3 Å². The zero-order valence-electron chi connectivity index (χ0n) is 13.5. The molecule has 23 heavy (non-hydrogen) atoms. The van der Waals surface area contributed by atoms with Crippen molar-refractivity contribution >= 4 is 33.3 Å². The van der Waals surface area contributed by atoms with E-state index in [4.69, 9.17) is 0 Å². The molecule has 0 aliphatic heterocycles. The van der Waals surface area contributed by atoms with Gasteiger partial charge in [0.25, 0.3) is 0 Å². The number of rotatable bonds is 4. The molecule has 3 aromatic rings. The third-order valence-corrected chi connectivity index (χ3v) is 4.54. The Morgan fingerprint density at radius 2 is 2.13 bits per heavy atom. The van der Waals surface area contributed by atoms with Crippen molar-refractivity contribution in [1.82, 2.24) is 9.97 Å². The van der Waals surface area contributed by atoms with Crippen molar-refractivity contribution in [2.45, 2.75) is 27.2 Å². The molecule has 0 fully saturated rings. The molecule has 2 aromatic heterocycles. The van der Waals surface area contributed by atoms with Crippen LogP contribution < -0.4 is 5.32 Å². The molecule has 0 saturated carbocycles. The zero-order chi connectivity index (χ0) is 16.4. The lowest BCUT2D eigenvalue weighted by Gasteiger charge is -2.10. The van der Waals surface area contributed by atoms with E-state index in [2.05, 4.69) is 21.4 Å². The third kappa shape index (κ3) is 3.56. The van der Waals surface area contributed by atoms with E-state index in [0.717, 1.165) is 32.2 Å². The van der Waals surface area contributed by atoms with Gasteiger partial charge in [0.05, 0.1) is 0 Å². The van der Waals surface area contributed by atoms with E-state index in [1.807, 2.05) is 45.0 Å². The van der Waals surface area contributed by atoms with Gasteiger partial charge >= 0.3 is 0 Å². The lowest BCUT2D eigenvalue weighted by atomic mass is 10.1. The van der Waals surface area contributed by atoms with E-state index in [-0.39, 0.29) is 5.91 Å². The predicted octanol–water partition coefficient (Wildman–Crippen LogP) is 4.65. The van der Waals surface area contributed by atoms with Crippen molar-refractivity contribution in [2.24, 2.45) is 5.92 Å². The molecular formula is C18H19N3OS. The number of anilines is 1. The van der Waals surface area contributed by atoms with Gasteiger partial charge in [0.15, 0.2) is 0 Å². The van der Waals surface area contributed by atoms with Gasteiger partial charge in [-0.25, -0.2) is 9.97 Å². The summed E-state index contributed by atoms with van der Waals surface area (Å²) in [6.45, 7) is 6.08. The molecule has 1 amide bonds. The zero-order valence-corrected chi connectivity index (χ0v) is 14.3. The molecule has 0 atom stereocenters. The fourth-order valence-corrected chi connectivity index (χ4v) is 3.31. The van der Waals surface area contributed by atoms with Crippen LogP contribution in [0, 0.1) is 12.8 Å². The number of aryl methyl sites for hydroxylation is 1. The molecule has 1 aromatic carbocycles. The smallest absolute Gasteiger partial charge is 0.224 e. The first-order valence-corrected chi connectivity index (χ1v) is 8.47. The Balaban J connectivity index is 1.85. The Bertz CT molecular complexity index is 821. The highest BCUT2D eigenvalue weighted by Crippen LogP contribution is 2.31. The molecule has 0 radical (unpaired) electrons. The minimum absolute atomic E-state index is 0.0556. The number of thiazole rings is 1. The standard InChI is InChI=1S/C18H19N3OS/c1-11(2)9-16(22)20-14-7-6-13(10-12(14)3)17-21-15-5-4-8-19-18(15)23-17/h4-8,10-11H,9H2,1-3H3,(H,20,22). The Morgan fingerprint density at radius 1 is 1.30 bits per heavy atom. The van der Waals surface area contributed by atoms with Gasteiger partial charge in [-0.2, -0.15) is 0 Å². The molecule has 5 heteroatoms. The summed E-state index contributed by atoms with van der Waals surface area (Å²) in [6.07, 6.45) is 2.31. The van der Waals surface area contributed by atoms with Gasteiger partial charge in [0, 0.05) is 23.9 Å². The average molecular weight is 325 g/mol. The van der Waals surface area contributed by atoms with Gasteiger partial charge in [-0.3, -0.25) is 4.79 Å². The maximum absolute atomic E-state index is 11.9. The molecule has 0 unspecified atom stereocenters. The van der Waals surface area contributed by atoms with Gasteiger partial charge in [0.2, 0.25) is 5.91 Å². The molecule has 0 saturated heterocycles. The number of carbonyl (C=O) groups is 1. The number of pyridine rings is 1. The van der Waals surface area contributed by atoms with E-state index >= 15 is 0 Å². The van der Waals surface area contributed by atoms with Crippen LogP contribution in [0.4, 0.5) is 5.69 Å². The molecule has 0 spiro atoms. The number of carbonyl (C=O) groups excluding carboxylic acids is 1. The molecule has 0 aliphatic carbocycles. The third-order valence-electron chi connectivity index (χ3n) is 3.51. The summed E-state index contributed by atoms with van der Waals surface area (Å²) in [7, 11) is 0. The van der Waals surface area contributed by atoms with Crippen LogP contribution in [0.1, 0.15) is 25.8 Å². The SMILES string of the molecule is Cc1cc(-c2nc3cccnc3s2)ccc1NC(=O)CC(C)C. The lowest BCUT2D eigenvalue weighted by molar-refractivity contribution is -0.116. The average Bonchev–Trinajstić information content (AvgIpc) is 2.92. The molecule has 118 valence electrons. The predicted molar refractivity (Wildman–Crippen MR) is 95.7 cm³/mol. The quantitative estimate of drug-likeness (QED) is 0.759. The van der Waals surface area contributed by atoms with E-state index in [1.165, 1.54) is 0 Å². The molecule has 2 heterocycles. The van der Waals surface area contributed by atoms with Crippen molar-refractivity contribution in [1.29, 1.82) is 0 Å². The Labute approximate surface area is 139 Å². The maximum atomic E-state index is 11.9. The number of amides is 1. The second kappa shape index (κ2) is 6.46. The summed E-state index contributed by atoms with van der Waals surface area (Å²) in [6, 6.07) is 9.86.